The molecule has 0 aromatic heterocycles. The number of carbonyl (C=O) groups excluding carboxylic acids is 3. The molecule has 2 aromatic rings. The van der Waals surface area contributed by atoms with Gasteiger partial charge in [-0.2, -0.15) is 0 Å². The van der Waals surface area contributed by atoms with Crippen molar-refractivity contribution in [2.75, 3.05) is 14.2 Å². The van der Waals surface area contributed by atoms with Gasteiger partial charge in [0.2, 0.25) is 0 Å². The Bertz CT molecular complexity index is 811. The molecule has 0 spiro atoms. The molecule has 0 saturated heterocycles. The molecule has 7 heteroatoms. The summed E-state index contributed by atoms with van der Waals surface area (Å²) in [5, 5.41) is 0. The van der Waals surface area contributed by atoms with Gasteiger partial charge in [0.05, 0.1) is 19.8 Å². The van der Waals surface area contributed by atoms with Gasteiger partial charge in [-0.15, -0.1) is 0 Å². The highest BCUT2D eigenvalue weighted by molar-refractivity contribution is 5.98. The summed E-state index contributed by atoms with van der Waals surface area (Å²) in [7, 11) is 2.85. The molecule has 2 aromatic carbocycles. The van der Waals surface area contributed by atoms with Gasteiger partial charge in [0.1, 0.15) is 5.75 Å². The number of methoxy groups -OCH3 is 2. The average Bonchev–Trinajstić information content (AvgIpc) is 2.70. The first-order valence-corrected chi connectivity index (χ1v) is 7.64. The Morgan fingerprint density at radius 3 is 2.04 bits per heavy atom. The third kappa shape index (κ3) is 5.20. The largest absolute Gasteiger partial charge is 0.497 e. The van der Waals surface area contributed by atoms with Crippen LogP contribution in [0.25, 0.3) is 6.08 Å². The number of hydrogen-bond donors (Lipinski definition) is 2. The normalized spacial score (nSPS) is 10.2. The predicted molar refractivity (Wildman–Crippen MR) is 95.4 cm³/mol. The SMILES string of the molecule is COC(=O)c1ccc(C(=O)NNC(=O)C=Cc2ccc(OC)cc2)cc1. The van der Waals surface area contributed by atoms with Crippen molar-refractivity contribution < 1.29 is 23.9 Å². The Morgan fingerprint density at radius 2 is 1.46 bits per heavy atom. The number of hydrazine groups is 1. The summed E-state index contributed by atoms with van der Waals surface area (Å²) in [5.74, 6) is -0.765. The molecule has 2 N–H and O–H groups in total. The predicted octanol–water partition coefficient (Wildman–Crippen LogP) is 1.96. The van der Waals surface area contributed by atoms with E-state index >= 15 is 0 Å². The molecule has 0 aliphatic carbocycles. The molecule has 26 heavy (non-hydrogen) atoms. The minimum Gasteiger partial charge on any atom is -0.497 e. The fourth-order valence-electron chi connectivity index (χ4n) is 1.99. The van der Waals surface area contributed by atoms with Gasteiger partial charge >= 0.3 is 5.97 Å². The number of hydrogen-bond acceptors (Lipinski definition) is 5. The van der Waals surface area contributed by atoms with Crippen molar-refractivity contribution in [2.45, 2.75) is 0 Å². The van der Waals surface area contributed by atoms with E-state index in [9.17, 15) is 14.4 Å². The zero-order valence-corrected chi connectivity index (χ0v) is 14.3. The number of carbonyl (C=O) groups is 3. The van der Waals surface area contributed by atoms with E-state index < -0.39 is 17.8 Å². The molecular formula is C19H18N2O5. The average molecular weight is 354 g/mol. The molecule has 2 rings (SSSR count). The number of rotatable bonds is 5. The first-order valence-electron chi connectivity index (χ1n) is 7.64. The lowest BCUT2D eigenvalue weighted by atomic mass is 10.1. The van der Waals surface area contributed by atoms with E-state index in [1.54, 1.807) is 37.5 Å². The highest BCUT2D eigenvalue weighted by Crippen LogP contribution is 2.12. The zero-order chi connectivity index (χ0) is 18.9. The number of ether oxygens (including phenoxy) is 2. The lowest BCUT2D eigenvalue weighted by Gasteiger charge is -2.06. The molecule has 0 fully saturated rings. The topological polar surface area (TPSA) is 93.7 Å². The molecule has 0 bridgehead atoms. The summed E-state index contributed by atoms with van der Waals surface area (Å²) in [6.45, 7) is 0. The van der Waals surface area contributed by atoms with E-state index in [0.29, 0.717) is 5.56 Å². The van der Waals surface area contributed by atoms with E-state index in [0.717, 1.165) is 11.3 Å². The van der Waals surface area contributed by atoms with Crippen molar-refractivity contribution in [3.05, 3.63) is 71.3 Å². The van der Waals surface area contributed by atoms with Crippen molar-refractivity contribution in [1.82, 2.24) is 10.9 Å². The van der Waals surface area contributed by atoms with Gasteiger partial charge in [0.15, 0.2) is 0 Å². The fourth-order valence-corrected chi connectivity index (χ4v) is 1.99. The molecular weight excluding hydrogens is 336 g/mol. The second-order valence-electron chi connectivity index (χ2n) is 5.12. The summed E-state index contributed by atoms with van der Waals surface area (Å²) in [4.78, 5) is 35.1. The molecule has 0 unspecified atom stereocenters. The molecule has 7 nitrogen and oxygen atoms in total. The van der Waals surface area contributed by atoms with Crippen LogP contribution < -0.4 is 15.6 Å². The van der Waals surface area contributed by atoms with E-state index in [1.165, 1.54) is 37.5 Å². The Hall–Kier alpha value is -3.61. The van der Waals surface area contributed by atoms with Crippen LogP contribution in [0.2, 0.25) is 0 Å². The summed E-state index contributed by atoms with van der Waals surface area (Å²) < 4.78 is 9.63. The molecule has 0 aliphatic heterocycles. The number of nitrogens with one attached hydrogen (secondary N) is 2. The van der Waals surface area contributed by atoms with Gasteiger partial charge in [0, 0.05) is 11.6 Å². The fraction of sp³-hybridized carbons (Fsp3) is 0.105. The second-order valence-corrected chi connectivity index (χ2v) is 5.12. The zero-order valence-electron chi connectivity index (χ0n) is 14.3. The van der Waals surface area contributed by atoms with Crippen LogP contribution in [-0.4, -0.2) is 32.0 Å². The highest BCUT2D eigenvalue weighted by atomic mass is 16.5. The second kappa shape index (κ2) is 9.03. The van der Waals surface area contributed by atoms with Gasteiger partial charge in [-0.3, -0.25) is 20.4 Å². The van der Waals surface area contributed by atoms with Crippen molar-refractivity contribution in [3.63, 3.8) is 0 Å². The van der Waals surface area contributed by atoms with Crippen molar-refractivity contribution in [1.29, 1.82) is 0 Å². The van der Waals surface area contributed by atoms with Crippen LogP contribution in [0.3, 0.4) is 0 Å². The van der Waals surface area contributed by atoms with Crippen LogP contribution in [0.5, 0.6) is 5.75 Å². The number of amides is 2. The van der Waals surface area contributed by atoms with E-state index in [4.69, 9.17) is 4.74 Å². The maximum atomic E-state index is 12.0. The molecule has 0 radical (unpaired) electrons. The Balaban J connectivity index is 1.86. The van der Waals surface area contributed by atoms with Gasteiger partial charge < -0.3 is 9.47 Å². The lowest BCUT2D eigenvalue weighted by molar-refractivity contribution is -0.117. The summed E-state index contributed by atoms with van der Waals surface area (Å²) in [5.41, 5.74) is 6.00. The first-order chi connectivity index (χ1) is 12.5. The molecule has 0 aliphatic rings. The van der Waals surface area contributed by atoms with Gasteiger partial charge in [-0.25, -0.2) is 4.79 Å². The van der Waals surface area contributed by atoms with Crippen LogP contribution in [-0.2, 0) is 9.53 Å². The maximum Gasteiger partial charge on any atom is 0.337 e. The van der Waals surface area contributed by atoms with Gasteiger partial charge in [0.25, 0.3) is 11.8 Å². The van der Waals surface area contributed by atoms with Crippen LogP contribution in [0, 0.1) is 0 Å². The van der Waals surface area contributed by atoms with Crippen LogP contribution in [0.4, 0.5) is 0 Å². The minimum atomic E-state index is -0.507. The van der Waals surface area contributed by atoms with Crippen molar-refractivity contribution >= 4 is 23.9 Å². The Kier molecular flexibility index (Phi) is 6.50. The number of esters is 1. The summed E-state index contributed by atoms with van der Waals surface area (Å²) in [6, 6.07) is 13.0. The first kappa shape index (κ1) is 18.7. The molecule has 2 amide bonds. The van der Waals surface area contributed by atoms with Crippen LogP contribution >= 0.6 is 0 Å². The minimum absolute atomic E-state index is 0.289. The molecule has 134 valence electrons. The number of benzene rings is 2. The standard InChI is InChI=1S/C19H18N2O5/c1-25-16-10-3-13(4-11-16)5-12-17(22)20-21-18(23)14-6-8-15(9-7-14)19(24)26-2/h3-12H,1-2H3,(H,20,22)(H,21,23). The molecule has 0 saturated carbocycles. The van der Waals surface area contributed by atoms with Crippen molar-refractivity contribution in [3.8, 4) is 5.75 Å². The van der Waals surface area contributed by atoms with Crippen LogP contribution in [0.15, 0.2) is 54.6 Å². The summed E-state index contributed by atoms with van der Waals surface area (Å²) in [6.07, 6.45) is 2.90. The van der Waals surface area contributed by atoms with E-state index in [1.807, 2.05) is 0 Å². The third-order valence-corrected chi connectivity index (χ3v) is 3.41. The van der Waals surface area contributed by atoms with Gasteiger partial charge in [-0.1, -0.05) is 12.1 Å². The lowest BCUT2D eigenvalue weighted by Crippen LogP contribution is -2.40. The Labute approximate surface area is 150 Å². The Morgan fingerprint density at radius 1 is 0.846 bits per heavy atom. The van der Waals surface area contributed by atoms with Crippen molar-refractivity contribution in [2.24, 2.45) is 0 Å². The summed E-state index contributed by atoms with van der Waals surface area (Å²) >= 11 is 0. The van der Waals surface area contributed by atoms with Crippen LogP contribution in [0.1, 0.15) is 26.3 Å². The quantitative estimate of drug-likeness (QED) is 0.486. The van der Waals surface area contributed by atoms with Gasteiger partial charge in [-0.05, 0) is 48.0 Å². The highest BCUT2D eigenvalue weighted by Gasteiger charge is 2.09. The smallest absolute Gasteiger partial charge is 0.337 e. The van der Waals surface area contributed by atoms with E-state index in [2.05, 4.69) is 15.6 Å². The van der Waals surface area contributed by atoms with E-state index in [-0.39, 0.29) is 5.56 Å². The molecule has 0 heterocycles. The third-order valence-electron chi connectivity index (χ3n) is 3.41. The maximum absolute atomic E-state index is 12.0. The molecule has 0 atom stereocenters. The monoisotopic (exact) mass is 354 g/mol.